The maximum Gasteiger partial charge on any atom is 0.310 e. The number of carboxylic acid groups (broad SMARTS) is 1. The van der Waals surface area contributed by atoms with Crippen molar-refractivity contribution in [3.8, 4) is 0 Å². The lowest BCUT2D eigenvalue weighted by Gasteiger charge is -2.39. The van der Waals surface area contributed by atoms with Crippen LogP contribution in [0.5, 0.6) is 0 Å². The second-order valence-corrected chi connectivity index (χ2v) is 7.02. The standard InChI is InChI=1S/C18H29NO4/c1-11(2)9-14-10-12(3)13(4)15(16(14)17(20)21)18(22)23-8-7-19(5)6/h9-10,13-16H,7-8H2,1-6H3,(H,20,21)/t13-,14+,15+,16+/m0/s1. The van der Waals surface area contributed by atoms with Gasteiger partial charge < -0.3 is 19.5 Å². The van der Waals surface area contributed by atoms with Gasteiger partial charge in [0.15, 0.2) is 0 Å². The average molecular weight is 323 g/mol. The van der Waals surface area contributed by atoms with Crippen LogP contribution in [0.1, 0.15) is 27.7 Å². The van der Waals surface area contributed by atoms with Crippen LogP contribution >= 0.6 is 0 Å². The van der Waals surface area contributed by atoms with Crippen LogP contribution in [0.25, 0.3) is 0 Å². The van der Waals surface area contributed by atoms with Crippen molar-refractivity contribution in [2.75, 3.05) is 27.2 Å². The molecule has 0 aliphatic heterocycles. The first kappa shape index (κ1) is 19.4. The van der Waals surface area contributed by atoms with Crippen molar-refractivity contribution in [1.82, 2.24) is 0 Å². The van der Waals surface area contributed by atoms with Gasteiger partial charge >= 0.3 is 5.97 Å². The molecule has 0 saturated carbocycles. The molecule has 0 spiro atoms. The van der Waals surface area contributed by atoms with Crippen molar-refractivity contribution in [1.29, 1.82) is 0 Å². The minimum atomic E-state index is -1.19. The largest absolute Gasteiger partial charge is 0.550 e. The predicted octanol–water partition coefficient (Wildman–Crippen LogP) is -0.165. The van der Waals surface area contributed by atoms with Gasteiger partial charge in [0.05, 0.1) is 20.0 Å². The van der Waals surface area contributed by atoms with Gasteiger partial charge in [0.2, 0.25) is 0 Å². The van der Waals surface area contributed by atoms with E-state index in [1.165, 1.54) is 4.90 Å². The van der Waals surface area contributed by atoms with Gasteiger partial charge in [-0.25, -0.2) is 0 Å². The Labute approximate surface area is 139 Å². The Balaban J connectivity index is 3.05. The summed E-state index contributed by atoms with van der Waals surface area (Å²) in [6, 6.07) is 0. The van der Waals surface area contributed by atoms with Gasteiger partial charge in [-0.05, 0) is 26.7 Å². The first-order chi connectivity index (χ1) is 10.6. The van der Waals surface area contributed by atoms with Crippen molar-refractivity contribution in [2.45, 2.75) is 27.7 Å². The number of carbonyl (C=O) groups excluding carboxylic acids is 2. The van der Waals surface area contributed by atoms with Gasteiger partial charge in [0.1, 0.15) is 13.2 Å². The highest BCUT2D eigenvalue weighted by Gasteiger charge is 2.42. The number of rotatable bonds is 6. The smallest absolute Gasteiger partial charge is 0.310 e. The second-order valence-electron chi connectivity index (χ2n) is 7.02. The monoisotopic (exact) mass is 323 g/mol. The average Bonchev–Trinajstić information content (AvgIpc) is 2.40. The van der Waals surface area contributed by atoms with Gasteiger partial charge in [0.25, 0.3) is 0 Å². The van der Waals surface area contributed by atoms with E-state index in [0.717, 1.165) is 11.1 Å². The first-order valence-electron chi connectivity index (χ1n) is 8.15. The molecule has 23 heavy (non-hydrogen) atoms. The number of likely N-dealkylation sites (N-methyl/N-ethyl adjacent to an activating group) is 1. The van der Waals surface area contributed by atoms with Gasteiger partial charge in [0, 0.05) is 17.8 Å². The second kappa shape index (κ2) is 8.29. The fourth-order valence-corrected chi connectivity index (χ4v) is 3.04. The Hall–Kier alpha value is -1.62. The molecule has 0 amide bonds. The quantitative estimate of drug-likeness (QED) is 0.544. The van der Waals surface area contributed by atoms with Gasteiger partial charge in [-0.1, -0.05) is 30.2 Å². The molecule has 0 aromatic rings. The fraction of sp³-hybridized carbons (Fsp3) is 0.667. The third-order valence-corrected chi connectivity index (χ3v) is 4.43. The highest BCUT2D eigenvalue weighted by molar-refractivity contribution is 5.82. The summed E-state index contributed by atoms with van der Waals surface area (Å²) in [6.07, 6.45) is 3.83. The normalized spacial score (nSPS) is 27.3. The summed E-state index contributed by atoms with van der Waals surface area (Å²) >= 11 is 0. The summed E-state index contributed by atoms with van der Waals surface area (Å²) in [5, 5.41) is 11.7. The van der Waals surface area contributed by atoms with E-state index in [9.17, 15) is 14.7 Å². The van der Waals surface area contributed by atoms with E-state index in [1.807, 2.05) is 53.9 Å². The zero-order valence-electron chi connectivity index (χ0n) is 15.0. The summed E-state index contributed by atoms with van der Waals surface area (Å²) in [5.41, 5.74) is 2.04. The van der Waals surface area contributed by atoms with Crippen LogP contribution in [0.15, 0.2) is 23.3 Å². The van der Waals surface area contributed by atoms with Crippen LogP contribution in [0, 0.1) is 23.7 Å². The van der Waals surface area contributed by atoms with Gasteiger partial charge in [-0.3, -0.25) is 4.79 Å². The topological polar surface area (TPSA) is 70.9 Å². The lowest BCUT2D eigenvalue weighted by molar-refractivity contribution is -0.858. The molecule has 1 aliphatic rings. The Bertz CT molecular complexity index is 503. The van der Waals surface area contributed by atoms with Crippen LogP contribution in [0.2, 0.25) is 0 Å². The number of quaternary nitrogens is 1. The maximum atomic E-state index is 12.5. The molecule has 0 heterocycles. The lowest BCUT2D eigenvalue weighted by Crippen LogP contribution is -3.06. The molecule has 0 bridgehead atoms. The zero-order valence-corrected chi connectivity index (χ0v) is 15.0. The van der Waals surface area contributed by atoms with Crippen molar-refractivity contribution >= 4 is 11.9 Å². The third-order valence-electron chi connectivity index (χ3n) is 4.43. The molecular weight excluding hydrogens is 294 g/mol. The van der Waals surface area contributed by atoms with E-state index < -0.39 is 23.8 Å². The summed E-state index contributed by atoms with van der Waals surface area (Å²) in [6.45, 7) is 8.63. The molecule has 5 heteroatoms. The first-order valence-corrected chi connectivity index (χ1v) is 8.15. The molecule has 1 N–H and O–H groups in total. The third kappa shape index (κ3) is 5.20. The van der Waals surface area contributed by atoms with Crippen molar-refractivity contribution in [3.05, 3.63) is 23.3 Å². The van der Waals surface area contributed by atoms with E-state index in [0.29, 0.717) is 13.2 Å². The van der Waals surface area contributed by atoms with E-state index in [4.69, 9.17) is 4.74 Å². The number of carboxylic acids is 1. The molecule has 0 radical (unpaired) electrons. The van der Waals surface area contributed by atoms with Crippen LogP contribution in [-0.4, -0.2) is 39.2 Å². The summed E-state index contributed by atoms with van der Waals surface area (Å²) in [5.74, 6) is -3.72. The van der Waals surface area contributed by atoms with Crippen LogP contribution in [-0.2, 0) is 14.3 Å². The molecule has 130 valence electrons. The van der Waals surface area contributed by atoms with Crippen molar-refractivity contribution < 1.29 is 24.3 Å². The lowest BCUT2D eigenvalue weighted by atomic mass is 9.67. The van der Waals surface area contributed by atoms with E-state index in [2.05, 4.69) is 0 Å². The minimum Gasteiger partial charge on any atom is -0.550 e. The number of hydrogen-bond acceptors (Lipinski definition) is 4. The van der Waals surface area contributed by atoms with E-state index >= 15 is 0 Å². The fourth-order valence-electron chi connectivity index (χ4n) is 3.04. The Morgan fingerprint density at radius 1 is 1.30 bits per heavy atom. The summed E-state index contributed by atoms with van der Waals surface area (Å²) in [7, 11) is 3.94. The number of hydrogen-bond donors (Lipinski definition) is 1. The highest BCUT2D eigenvalue weighted by atomic mass is 16.5. The summed E-state index contributed by atoms with van der Waals surface area (Å²) in [4.78, 5) is 25.4. The maximum absolute atomic E-state index is 12.5. The van der Waals surface area contributed by atoms with Crippen LogP contribution < -0.4 is 10.0 Å². The molecule has 0 unspecified atom stereocenters. The number of allylic oxidation sites excluding steroid dienone is 4. The highest BCUT2D eigenvalue weighted by Crippen LogP contribution is 2.39. The molecular formula is C18H29NO4. The molecule has 4 atom stereocenters. The number of aliphatic carboxylic acids is 1. The number of carbonyl (C=O) groups is 2. The minimum absolute atomic E-state index is 0.168. The van der Waals surface area contributed by atoms with Crippen LogP contribution in [0.3, 0.4) is 0 Å². The molecule has 1 rings (SSSR count). The Morgan fingerprint density at radius 3 is 2.39 bits per heavy atom. The van der Waals surface area contributed by atoms with E-state index in [-0.39, 0.29) is 11.8 Å². The molecule has 1 aliphatic carbocycles. The molecule has 5 nitrogen and oxygen atoms in total. The Kier molecular flexibility index (Phi) is 7.01. The van der Waals surface area contributed by atoms with Crippen molar-refractivity contribution in [2.24, 2.45) is 23.7 Å². The number of ether oxygens (including phenoxy) is 1. The molecule has 0 saturated heterocycles. The number of esters is 1. The molecule has 0 aromatic heterocycles. The predicted molar refractivity (Wildman–Crippen MR) is 86.5 cm³/mol. The number of nitrogens with one attached hydrogen (secondary N) is 1. The van der Waals surface area contributed by atoms with Gasteiger partial charge in [-0.15, -0.1) is 0 Å². The molecule has 0 aromatic carbocycles. The zero-order chi connectivity index (χ0) is 17.7. The molecule has 0 fully saturated rings. The van der Waals surface area contributed by atoms with Crippen LogP contribution in [0.4, 0.5) is 0 Å². The van der Waals surface area contributed by atoms with Gasteiger partial charge in [-0.2, -0.15) is 0 Å². The van der Waals surface area contributed by atoms with E-state index in [1.54, 1.807) is 0 Å². The summed E-state index contributed by atoms with van der Waals surface area (Å²) < 4.78 is 5.35. The Morgan fingerprint density at radius 2 is 1.91 bits per heavy atom. The SMILES string of the molecule is CC(C)=C[C@@H]1C=C(C)[C@H](C)[C@@H](C(=O)OCC[NH+](C)C)[C@@H]1C(=O)[O-]. The van der Waals surface area contributed by atoms with Crippen molar-refractivity contribution in [3.63, 3.8) is 0 Å².